The first kappa shape index (κ1) is 45.1. The fourth-order valence-electron chi connectivity index (χ4n) is 7.40. The standard InChI is InChI=1S/C48H56O12/c1-5-9-13-57-41-29-17-31-23-38(46(51)52)25-33(42(31)58-14-10-6-2)19-35-27-40(48(55)56)28-36(44(35)60-16-12-8-4)20-34-26-39(47(53)54)24-32(43(34)59-15-11-7-3)18-30(41)22-37(21-29)45(49)50/h21-28H,5-20H2,1-4H3,(H,49,50)(H,51,52)(H,53,54)(H,55,56). The van der Waals surface area contributed by atoms with Gasteiger partial charge in [0.15, 0.2) is 0 Å². The molecule has 60 heavy (non-hydrogen) atoms. The van der Waals surface area contributed by atoms with Crippen molar-refractivity contribution < 1.29 is 58.6 Å². The van der Waals surface area contributed by atoms with Crippen molar-refractivity contribution in [2.45, 2.75) is 105 Å². The first-order valence-corrected chi connectivity index (χ1v) is 21.0. The smallest absolute Gasteiger partial charge is 0.335 e. The van der Waals surface area contributed by atoms with Crippen LogP contribution in [0.2, 0.25) is 0 Å². The van der Waals surface area contributed by atoms with E-state index in [1.54, 1.807) is 0 Å². The highest BCUT2D eigenvalue weighted by Crippen LogP contribution is 2.41. The van der Waals surface area contributed by atoms with Gasteiger partial charge in [-0.1, -0.05) is 53.4 Å². The molecule has 0 amide bonds. The van der Waals surface area contributed by atoms with Gasteiger partial charge in [0.25, 0.3) is 0 Å². The number of fused-ring (bicyclic) bond motifs is 8. The number of ether oxygens (including phenoxy) is 4. The zero-order valence-corrected chi connectivity index (χ0v) is 35.0. The maximum Gasteiger partial charge on any atom is 0.335 e. The topological polar surface area (TPSA) is 186 Å². The van der Waals surface area contributed by atoms with Crippen LogP contribution in [0.25, 0.3) is 0 Å². The summed E-state index contributed by atoms with van der Waals surface area (Å²) in [6.07, 6.45) is 6.18. The van der Waals surface area contributed by atoms with E-state index in [4.69, 9.17) is 18.9 Å². The molecule has 0 heterocycles. The van der Waals surface area contributed by atoms with E-state index in [0.717, 1.165) is 25.7 Å². The summed E-state index contributed by atoms with van der Waals surface area (Å²) in [6.45, 7) is 9.33. The molecule has 0 unspecified atom stereocenters. The van der Waals surface area contributed by atoms with Crippen LogP contribution in [0.3, 0.4) is 0 Å². The molecule has 0 aliphatic heterocycles. The van der Waals surface area contributed by atoms with Crippen molar-refractivity contribution in [1.29, 1.82) is 0 Å². The average Bonchev–Trinajstić information content (AvgIpc) is 3.20. The van der Waals surface area contributed by atoms with Crippen LogP contribution in [0.5, 0.6) is 23.0 Å². The van der Waals surface area contributed by atoms with E-state index in [-0.39, 0.29) is 47.9 Å². The highest BCUT2D eigenvalue weighted by Gasteiger charge is 2.27. The number of carboxylic acids is 4. The van der Waals surface area contributed by atoms with Crippen LogP contribution in [0.15, 0.2) is 48.5 Å². The van der Waals surface area contributed by atoms with Crippen LogP contribution >= 0.6 is 0 Å². The Balaban J connectivity index is 1.95. The highest BCUT2D eigenvalue weighted by atomic mass is 16.5. The molecule has 0 saturated heterocycles. The minimum atomic E-state index is -1.19. The van der Waals surface area contributed by atoms with Crippen molar-refractivity contribution in [2.75, 3.05) is 26.4 Å². The predicted molar refractivity (Wildman–Crippen MR) is 226 cm³/mol. The van der Waals surface area contributed by atoms with E-state index in [0.29, 0.717) is 120 Å². The van der Waals surface area contributed by atoms with Crippen molar-refractivity contribution in [3.63, 3.8) is 0 Å². The molecule has 0 aromatic heterocycles. The highest BCUT2D eigenvalue weighted by molar-refractivity contribution is 5.91. The van der Waals surface area contributed by atoms with Crippen LogP contribution in [-0.4, -0.2) is 70.7 Å². The molecule has 5 rings (SSSR count). The molecule has 4 N–H and O–H groups in total. The molecular formula is C48H56O12. The minimum absolute atomic E-state index is 0.0195. The summed E-state index contributed by atoms with van der Waals surface area (Å²) in [4.78, 5) is 51.2. The number of hydrogen-bond acceptors (Lipinski definition) is 8. The van der Waals surface area contributed by atoms with Crippen molar-refractivity contribution in [3.05, 3.63) is 115 Å². The molecule has 0 radical (unpaired) electrons. The molecule has 0 saturated carbocycles. The van der Waals surface area contributed by atoms with Gasteiger partial charge in [-0.3, -0.25) is 0 Å². The Labute approximate surface area is 351 Å². The monoisotopic (exact) mass is 824 g/mol. The molecule has 8 bridgehead atoms. The summed E-state index contributed by atoms with van der Waals surface area (Å²) in [5.74, 6) is -3.11. The number of benzene rings is 4. The molecule has 4 aromatic rings. The zero-order chi connectivity index (χ0) is 43.3. The quantitative estimate of drug-likeness (QED) is 0.0545. The molecule has 4 aromatic carbocycles. The normalized spacial score (nSPS) is 12.1. The van der Waals surface area contributed by atoms with E-state index in [1.807, 2.05) is 27.7 Å². The third-order valence-electron chi connectivity index (χ3n) is 10.5. The molecule has 1 aliphatic carbocycles. The van der Waals surface area contributed by atoms with Crippen LogP contribution in [0.4, 0.5) is 0 Å². The Bertz CT molecular complexity index is 1800. The van der Waals surface area contributed by atoms with Gasteiger partial charge >= 0.3 is 23.9 Å². The Kier molecular flexibility index (Phi) is 16.0. The number of carbonyl (C=O) groups is 4. The van der Waals surface area contributed by atoms with Crippen LogP contribution in [0, 0.1) is 0 Å². The Morgan fingerprint density at radius 3 is 0.667 bits per heavy atom. The molecule has 320 valence electrons. The Morgan fingerprint density at radius 2 is 0.533 bits per heavy atom. The first-order chi connectivity index (χ1) is 28.9. The number of aromatic carboxylic acids is 4. The predicted octanol–water partition coefficient (Wildman–Crippen LogP) is 9.87. The van der Waals surface area contributed by atoms with Crippen LogP contribution in [0.1, 0.15) is 165 Å². The average molecular weight is 825 g/mol. The summed E-state index contributed by atoms with van der Waals surface area (Å²) in [5, 5.41) is 41.8. The van der Waals surface area contributed by atoms with E-state index in [9.17, 15) is 39.6 Å². The van der Waals surface area contributed by atoms with Gasteiger partial charge in [-0.15, -0.1) is 0 Å². The lowest BCUT2D eigenvalue weighted by molar-refractivity contribution is 0.0685. The van der Waals surface area contributed by atoms with E-state index in [2.05, 4.69) is 0 Å². The zero-order valence-electron chi connectivity index (χ0n) is 35.0. The molecule has 12 heteroatoms. The van der Waals surface area contributed by atoms with Crippen LogP contribution < -0.4 is 18.9 Å². The minimum Gasteiger partial charge on any atom is -0.493 e. The SMILES string of the molecule is CCCCOc1c2cc(C(=O)O)cc1Cc1cc(C(=O)O)cc(c1OCCCC)Cc1cc(C(=O)O)cc(c1OCCCC)Cc1cc(C(=O)O)cc(c1OCCCC)C2. The fourth-order valence-corrected chi connectivity index (χ4v) is 7.40. The largest absolute Gasteiger partial charge is 0.493 e. The molecule has 0 fully saturated rings. The fraction of sp³-hybridized carbons (Fsp3) is 0.417. The van der Waals surface area contributed by atoms with E-state index < -0.39 is 23.9 Å². The lowest BCUT2D eigenvalue weighted by atomic mass is 9.88. The lowest BCUT2D eigenvalue weighted by Crippen LogP contribution is -2.13. The summed E-state index contributed by atoms with van der Waals surface area (Å²) < 4.78 is 26.1. The van der Waals surface area contributed by atoms with Gasteiger partial charge in [0.05, 0.1) is 48.7 Å². The number of carboxylic acid groups (broad SMARTS) is 4. The van der Waals surface area contributed by atoms with Crippen molar-refractivity contribution >= 4 is 23.9 Å². The third kappa shape index (κ3) is 11.2. The molecule has 0 spiro atoms. The van der Waals surface area contributed by atoms with Gasteiger partial charge < -0.3 is 39.4 Å². The number of rotatable bonds is 20. The van der Waals surface area contributed by atoms with Crippen LogP contribution in [-0.2, 0) is 25.7 Å². The maximum atomic E-state index is 12.8. The van der Waals surface area contributed by atoms with Gasteiger partial charge in [0, 0.05) is 25.7 Å². The summed E-state index contributed by atoms with van der Waals surface area (Å²) in [5.41, 5.74) is 3.69. The van der Waals surface area contributed by atoms with Gasteiger partial charge in [0.2, 0.25) is 0 Å². The Morgan fingerprint density at radius 1 is 0.367 bits per heavy atom. The first-order valence-electron chi connectivity index (χ1n) is 21.0. The maximum absolute atomic E-state index is 12.8. The van der Waals surface area contributed by atoms with Gasteiger partial charge in [-0.2, -0.15) is 0 Å². The van der Waals surface area contributed by atoms with Crippen molar-refractivity contribution in [1.82, 2.24) is 0 Å². The lowest BCUT2D eigenvalue weighted by Gasteiger charge is -2.24. The van der Waals surface area contributed by atoms with E-state index >= 15 is 0 Å². The van der Waals surface area contributed by atoms with Gasteiger partial charge in [0.1, 0.15) is 23.0 Å². The van der Waals surface area contributed by atoms with Crippen molar-refractivity contribution in [2.24, 2.45) is 0 Å². The Hall–Kier alpha value is -6.04. The second-order valence-electron chi connectivity index (χ2n) is 15.2. The number of unbranched alkanes of at least 4 members (excludes halogenated alkanes) is 4. The molecule has 0 atom stereocenters. The second-order valence-corrected chi connectivity index (χ2v) is 15.2. The van der Waals surface area contributed by atoms with E-state index in [1.165, 1.54) is 48.5 Å². The summed E-state index contributed by atoms with van der Waals surface area (Å²) >= 11 is 0. The molecular weight excluding hydrogens is 769 g/mol. The van der Waals surface area contributed by atoms with Gasteiger partial charge in [-0.05, 0) is 119 Å². The molecule has 1 aliphatic rings. The third-order valence-corrected chi connectivity index (χ3v) is 10.5. The second kappa shape index (κ2) is 21.3. The van der Waals surface area contributed by atoms with Crippen molar-refractivity contribution in [3.8, 4) is 23.0 Å². The summed E-state index contributed by atoms with van der Waals surface area (Å²) in [6, 6.07) is 12.2. The van der Waals surface area contributed by atoms with Gasteiger partial charge in [-0.25, -0.2) is 19.2 Å². The molecule has 12 nitrogen and oxygen atoms in total. The summed E-state index contributed by atoms with van der Waals surface area (Å²) in [7, 11) is 0. The number of hydrogen-bond donors (Lipinski definition) is 4.